The third kappa shape index (κ3) is 1.50. The minimum atomic E-state index is -2.86. The first-order valence-electron chi connectivity index (χ1n) is 3.76. The maximum Gasteiger partial charge on any atom is 0.328 e. The fourth-order valence-corrected chi connectivity index (χ4v) is 1.06. The minimum Gasteiger partial charge on any atom is -0.371 e. The van der Waals surface area contributed by atoms with Gasteiger partial charge in [-0.15, -0.1) is 0 Å². The Bertz CT molecular complexity index is 334. The second-order valence-electron chi connectivity index (χ2n) is 2.80. The number of aldehydes is 2. The molecule has 0 aromatic carbocycles. The Morgan fingerprint density at radius 2 is 1.47 bits per heavy atom. The highest BCUT2D eigenvalue weighted by Gasteiger charge is 2.54. The molecule has 0 bridgehead atoms. The van der Waals surface area contributed by atoms with Crippen LogP contribution in [0.3, 0.4) is 0 Å². The summed E-state index contributed by atoms with van der Waals surface area (Å²) in [5.74, 6) is -4.66. The standard InChI is InChI=1S/C7H6N2O6/c10-1-3(2-11)7(15)4(12)8-6(14)9-5(7)13/h1-3,15H,(H2,8,9,12,13,14). The highest BCUT2D eigenvalue weighted by atomic mass is 16.3. The summed E-state index contributed by atoms with van der Waals surface area (Å²) in [6, 6.07) is -1.12. The number of carbonyl (C=O) groups excluding carboxylic acids is 5. The fourth-order valence-electron chi connectivity index (χ4n) is 1.06. The first kappa shape index (κ1) is 11.0. The maximum atomic E-state index is 11.1. The summed E-state index contributed by atoms with van der Waals surface area (Å²) in [7, 11) is 0. The Labute approximate surface area is 82.6 Å². The van der Waals surface area contributed by atoms with Gasteiger partial charge >= 0.3 is 6.03 Å². The van der Waals surface area contributed by atoms with E-state index in [1.54, 1.807) is 10.6 Å². The molecule has 1 aliphatic rings. The van der Waals surface area contributed by atoms with Crippen molar-refractivity contribution in [1.29, 1.82) is 0 Å². The van der Waals surface area contributed by atoms with Crippen LogP contribution in [0.25, 0.3) is 0 Å². The lowest BCUT2D eigenvalue weighted by molar-refractivity contribution is -0.163. The first-order valence-corrected chi connectivity index (χ1v) is 3.76. The summed E-state index contributed by atoms with van der Waals surface area (Å²) in [5, 5.41) is 12.7. The van der Waals surface area contributed by atoms with Gasteiger partial charge in [0, 0.05) is 0 Å². The van der Waals surface area contributed by atoms with E-state index >= 15 is 0 Å². The van der Waals surface area contributed by atoms with E-state index in [-0.39, 0.29) is 12.6 Å². The Morgan fingerprint density at radius 3 is 1.80 bits per heavy atom. The smallest absolute Gasteiger partial charge is 0.328 e. The average molecular weight is 214 g/mol. The van der Waals surface area contributed by atoms with E-state index in [2.05, 4.69) is 0 Å². The van der Waals surface area contributed by atoms with Gasteiger partial charge in [-0.3, -0.25) is 20.2 Å². The maximum absolute atomic E-state index is 11.1. The molecule has 15 heavy (non-hydrogen) atoms. The number of urea groups is 1. The lowest BCUT2D eigenvalue weighted by atomic mass is 9.86. The number of imide groups is 2. The number of nitrogens with one attached hydrogen (secondary N) is 2. The van der Waals surface area contributed by atoms with Gasteiger partial charge in [-0.1, -0.05) is 0 Å². The zero-order chi connectivity index (χ0) is 11.6. The van der Waals surface area contributed by atoms with Crippen LogP contribution in [0.15, 0.2) is 0 Å². The molecule has 0 radical (unpaired) electrons. The zero-order valence-electron chi connectivity index (χ0n) is 7.22. The van der Waals surface area contributed by atoms with Crippen molar-refractivity contribution >= 4 is 30.4 Å². The van der Waals surface area contributed by atoms with Gasteiger partial charge in [0.15, 0.2) is 0 Å². The Morgan fingerprint density at radius 1 is 1.07 bits per heavy atom. The second-order valence-corrected chi connectivity index (χ2v) is 2.80. The number of hydrogen-bond acceptors (Lipinski definition) is 6. The number of carbonyl (C=O) groups is 5. The van der Waals surface area contributed by atoms with Crippen molar-refractivity contribution < 1.29 is 29.1 Å². The molecular formula is C7H6N2O6. The van der Waals surface area contributed by atoms with E-state index < -0.39 is 29.4 Å². The van der Waals surface area contributed by atoms with Crippen LogP contribution < -0.4 is 10.6 Å². The Kier molecular flexibility index (Phi) is 2.62. The molecule has 0 spiro atoms. The van der Waals surface area contributed by atoms with Crippen molar-refractivity contribution in [2.75, 3.05) is 0 Å². The third-order valence-corrected chi connectivity index (χ3v) is 1.92. The first-order chi connectivity index (χ1) is 6.96. The number of aliphatic hydroxyl groups is 1. The second kappa shape index (κ2) is 3.58. The molecular weight excluding hydrogens is 208 g/mol. The number of hydrogen-bond donors (Lipinski definition) is 3. The molecule has 0 aromatic heterocycles. The van der Waals surface area contributed by atoms with Crippen molar-refractivity contribution in [1.82, 2.24) is 10.6 Å². The quantitative estimate of drug-likeness (QED) is 0.341. The van der Waals surface area contributed by atoms with E-state index in [1.807, 2.05) is 0 Å². The molecule has 1 heterocycles. The van der Waals surface area contributed by atoms with Crippen LogP contribution >= 0.6 is 0 Å². The van der Waals surface area contributed by atoms with Crippen LogP contribution in [0.4, 0.5) is 4.79 Å². The topological polar surface area (TPSA) is 130 Å². The molecule has 0 aliphatic carbocycles. The van der Waals surface area contributed by atoms with Crippen molar-refractivity contribution in [3.8, 4) is 0 Å². The predicted molar refractivity (Wildman–Crippen MR) is 42.2 cm³/mol. The molecule has 0 saturated carbocycles. The van der Waals surface area contributed by atoms with Gasteiger partial charge in [0.25, 0.3) is 11.8 Å². The molecule has 1 aliphatic heterocycles. The molecule has 8 nitrogen and oxygen atoms in total. The van der Waals surface area contributed by atoms with Crippen LogP contribution in [0.1, 0.15) is 0 Å². The number of rotatable bonds is 3. The lowest BCUT2D eigenvalue weighted by Crippen LogP contribution is -2.70. The van der Waals surface area contributed by atoms with Gasteiger partial charge in [-0.25, -0.2) is 4.79 Å². The van der Waals surface area contributed by atoms with Gasteiger partial charge in [0.2, 0.25) is 5.60 Å². The average Bonchev–Trinajstić information content (AvgIpc) is 2.16. The summed E-state index contributed by atoms with van der Waals surface area (Å²) in [5.41, 5.74) is -2.86. The summed E-state index contributed by atoms with van der Waals surface area (Å²) < 4.78 is 0. The highest BCUT2D eigenvalue weighted by Crippen LogP contribution is 2.17. The van der Waals surface area contributed by atoms with E-state index in [4.69, 9.17) is 0 Å². The monoisotopic (exact) mass is 214 g/mol. The van der Waals surface area contributed by atoms with Crippen LogP contribution in [0.5, 0.6) is 0 Å². The zero-order valence-corrected chi connectivity index (χ0v) is 7.22. The lowest BCUT2D eigenvalue weighted by Gasteiger charge is -2.30. The molecule has 1 fully saturated rings. The molecule has 8 heteroatoms. The predicted octanol–water partition coefficient (Wildman–Crippen LogP) is -2.90. The van der Waals surface area contributed by atoms with Crippen molar-refractivity contribution in [3.05, 3.63) is 0 Å². The third-order valence-electron chi connectivity index (χ3n) is 1.92. The van der Waals surface area contributed by atoms with Crippen molar-refractivity contribution in [2.24, 2.45) is 5.92 Å². The molecule has 0 aromatic rings. The SMILES string of the molecule is O=CC(C=O)C1(O)C(=O)NC(=O)NC1=O. The number of barbiturate groups is 1. The van der Waals surface area contributed by atoms with E-state index in [9.17, 15) is 29.1 Å². The molecule has 80 valence electrons. The molecule has 1 rings (SSSR count). The Balaban J connectivity index is 3.14. The summed E-state index contributed by atoms with van der Waals surface area (Å²) >= 11 is 0. The molecule has 1 saturated heterocycles. The molecule has 0 unspecified atom stereocenters. The van der Waals surface area contributed by atoms with E-state index in [1.165, 1.54) is 0 Å². The van der Waals surface area contributed by atoms with Crippen LogP contribution in [-0.2, 0) is 19.2 Å². The van der Waals surface area contributed by atoms with Crippen molar-refractivity contribution in [2.45, 2.75) is 5.60 Å². The fraction of sp³-hybridized carbons (Fsp3) is 0.286. The van der Waals surface area contributed by atoms with Crippen LogP contribution in [0.2, 0.25) is 0 Å². The van der Waals surface area contributed by atoms with Crippen LogP contribution in [-0.4, -0.2) is 41.1 Å². The van der Waals surface area contributed by atoms with Gasteiger partial charge < -0.3 is 14.7 Å². The largest absolute Gasteiger partial charge is 0.371 e. The van der Waals surface area contributed by atoms with E-state index in [0.29, 0.717) is 0 Å². The minimum absolute atomic E-state index is 0.0536. The van der Waals surface area contributed by atoms with Crippen molar-refractivity contribution in [3.63, 3.8) is 0 Å². The van der Waals surface area contributed by atoms with Gasteiger partial charge in [-0.2, -0.15) is 0 Å². The van der Waals surface area contributed by atoms with Crippen LogP contribution in [0, 0.1) is 5.92 Å². The molecule has 3 N–H and O–H groups in total. The summed E-state index contributed by atoms with van der Waals surface area (Å²) in [4.78, 5) is 53.6. The normalized spacial score (nSPS) is 19.5. The summed E-state index contributed by atoms with van der Waals surface area (Å²) in [6.07, 6.45) is -0.107. The van der Waals surface area contributed by atoms with Gasteiger partial charge in [0.1, 0.15) is 18.5 Å². The van der Waals surface area contributed by atoms with Gasteiger partial charge in [0.05, 0.1) is 0 Å². The highest BCUT2D eigenvalue weighted by molar-refractivity contribution is 6.24. The molecule has 0 atom stereocenters. The van der Waals surface area contributed by atoms with Gasteiger partial charge in [-0.05, 0) is 0 Å². The Hall–Kier alpha value is -2.09. The number of amides is 4. The van der Waals surface area contributed by atoms with E-state index in [0.717, 1.165) is 0 Å². The molecule has 4 amide bonds. The summed E-state index contributed by atoms with van der Waals surface area (Å²) in [6.45, 7) is 0.